The van der Waals surface area contributed by atoms with E-state index in [9.17, 15) is 9.59 Å². The molecule has 1 atom stereocenters. The number of hydrogen-bond acceptors (Lipinski definition) is 5. The fraction of sp³-hybridized carbons (Fsp3) is 0.412. The summed E-state index contributed by atoms with van der Waals surface area (Å²) in [6.07, 6.45) is 2.05. The second-order valence-electron chi connectivity index (χ2n) is 6.72. The first-order valence-electron chi connectivity index (χ1n) is 7.68. The van der Waals surface area contributed by atoms with Gasteiger partial charge in [-0.15, -0.1) is 0 Å². The molecule has 2 aromatic rings. The van der Waals surface area contributed by atoms with Crippen molar-refractivity contribution in [3.05, 3.63) is 30.0 Å². The summed E-state index contributed by atoms with van der Waals surface area (Å²) in [7, 11) is 0. The number of anilines is 1. The number of ether oxygens (including phenoxy) is 1. The van der Waals surface area contributed by atoms with Crippen molar-refractivity contribution in [3.8, 4) is 0 Å². The number of primary amides is 1. The Kier molecular flexibility index (Phi) is 5.14. The smallest absolute Gasteiger partial charge is 0.316 e. The van der Waals surface area contributed by atoms with E-state index >= 15 is 0 Å². The van der Waals surface area contributed by atoms with E-state index in [1.165, 1.54) is 0 Å². The van der Waals surface area contributed by atoms with Gasteiger partial charge in [-0.1, -0.05) is 0 Å². The van der Waals surface area contributed by atoms with Gasteiger partial charge in [0, 0.05) is 17.1 Å². The highest BCUT2D eigenvalue weighted by Crippen LogP contribution is 2.26. The van der Waals surface area contributed by atoms with Crippen LogP contribution in [0.25, 0.3) is 11.0 Å². The van der Waals surface area contributed by atoms with Gasteiger partial charge in [0.05, 0.1) is 12.7 Å². The number of carbonyl (C=O) groups is 2. The highest BCUT2D eigenvalue weighted by Gasteiger charge is 2.20. The Balaban J connectivity index is 2.14. The molecule has 0 radical (unpaired) electrons. The van der Waals surface area contributed by atoms with Crippen LogP contribution in [0.4, 0.5) is 10.5 Å². The summed E-state index contributed by atoms with van der Waals surface area (Å²) in [4.78, 5) is 22.9. The molecule has 0 bridgehead atoms. The summed E-state index contributed by atoms with van der Waals surface area (Å²) in [6.45, 7) is 5.42. The summed E-state index contributed by atoms with van der Waals surface area (Å²) < 4.78 is 10.8. The van der Waals surface area contributed by atoms with Gasteiger partial charge < -0.3 is 25.9 Å². The number of benzene rings is 1. The number of nitrogens with one attached hydrogen (secondary N) is 1. The van der Waals surface area contributed by atoms with Gasteiger partial charge >= 0.3 is 12.0 Å². The van der Waals surface area contributed by atoms with E-state index in [4.69, 9.17) is 20.6 Å². The van der Waals surface area contributed by atoms with Crippen molar-refractivity contribution >= 4 is 28.7 Å². The molecule has 24 heavy (non-hydrogen) atoms. The van der Waals surface area contributed by atoms with E-state index < -0.39 is 17.7 Å². The molecular formula is C17H23N3O4. The van der Waals surface area contributed by atoms with Crippen molar-refractivity contribution in [2.75, 3.05) is 5.32 Å². The van der Waals surface area contributed by atoms with Crippen LogP contribution < -0.4 is 16.8 Å². The van der Waals surface area contributed by atoms with E-state index in [0.717, 1.165) is 10.9 Å². The van der Waals surface area contributed by atoms with Crippen LogP contribution in [0.5, 0.6) is 0 Å². The molecule has 5 N–H and O–H groups in total. The van der Waals surface area contributed by atoms with Crippen LogP contribution >= 0.6 is 0 Å². The topological polar surface area (TPSA) is 121 Å². The molecule has 7 heteroatoms. The molecule has 1 unspecified atom stereocenters. The Morgan fingerprint density at radius 2 is 2.04 bits per heavy atom. The van der Waals surface area contributed by atoms with Crippen molar-refractivity contribution in [1.29, 1.82) is 0 Å². The lowest BCUT2D eigenvalue weighted by Crippen LogP contribution is -2.31. The first-order valence-corrected chi connectivity index (χ1v) is 7.68. The van der Waals surface area contributed by atoms with Crippen LogP contribution in [0, 0.1) is 0 Å². The molecule has 7 nitrogen and oxygen atoms in total. The Hall–Kier alpha value is -2.54. The number of furan rings is 1. The van der Waals surface area contributed by atoms with E-state index in [-0.39, 0.29) is 12.4 Å². The van der Waals surface area contributed by atoms with Gasteiger partial charge in [-0.05, 0) is 51.0 Å². The molecule has 130 valence electrons. The predicted octanol–water partition coefficient (Wildman–Crippen LogP) is 2.53. The number of hydrogen-bond donors (Lipinski definition) is 3. The lowest BCUT2D eigenvalue weighted by molar-refractivity contribution is -0.155. The maximum atomic E-state index is 11.9. The largest absolute Gasteiger partial charge is 0.464 e. The SMILES string of the molecule is CC(C)(C)OC(=O)CC(N)Cc1cc(NC(N)=O)cc2ccoc12. The Morgan fingerprint density at radius 1 is 1.33 bits per heavy atom. The van der Waals surface area contributed by atoms with Crippen molar-refractivity contribution in [2.24, 2.45) is 11.5 Å². The highest BCUT2D eigenvalue weighted by molar-refractivity contribution is 5.92. The highest BCUT2D eigenvalue weighted by atomic mass is 16.6. The second-order valence-corrected chi connectivity index (χ2v) is 6.72. The molecular weight excluding hydrogens is 310 g/mol. The molecule has 0 aliphatic rings. The van der Waals surface area contributed by atoms with E-state index in [1.54, 1.807) is 24.5 Å². The van der Waals surface area contributed by atoms with Crippen LogP contribution in [0.2, 0.25) is 0 Å². The third-order valence-electron chi connectivity index (χ3n) is 3.23. The van der Waals surface area contributed by atoms with E-state index in [1.807, 2.05) is 20.8 Å². The minimum Gasteiger partial charge on any atom is -0.464 e. The zero-order valence-electron chi connectivity index (χ0n) is 14.1. The van der Waals surface area contributed by atoms with Crippen LogP contribution in [0.1, 0.15) is 32.8 Å². The molecule has 2 rings (SSSR count). The van der Waals surface area contributed by atoms with E-state index in [2.05, 4.69) is 5.32 Å². The lowest BCUT2D eigenvalue weighted by Gasteiger charge is -2.21. The maximum absolute atomic E-state index is 11.9. The first kappa shape index (κ1) is 17.8. The first-order chi connectivity index (χ1) is 11.1. The van der Waals surface area contributed by atoms with Crippen LogP contribution in [-0.4, -0.2) is 23.6 Å². The van der Waals surface area contributed by atoms with Gasteiger partial charge in [0.2, 0.25) is 0 Å². The number of nitrogens with two attached hydrogens (primary N) is 2. The minimum atomic E-state index is -0.651. The minimum absolute atomic E-state index is 0.0902. The molecule has 1 aromatic heterocycles. The van der Waals surface area contributed by atoms with Crippen molar-refractivity contribution < 1.29 is 18.7 Å². The van der Waals surface area contributed by atoms with Crippen LogP contribution in [0.15, 0.2) is 28.9 Å². The summed E-state index contributed by atoms with van der Waals surface area (Å²) >= 11 is 0. The summed E-state index contributed by atoms with van der Waals surface area (Å²) in [5.74, 6) is -0.350. The molecule has 0 fully saturated rings. The Labute approximate surface area is 140 Å². The number of fused-ring (bicyclic) bond motifs is 1. The monoisotopic (exact) mass is 333 g/mol. The number of rotatable bonds is 5. The third kappa shape index (κ3) is 4.99. The standard InChI is InChI=1S/C17H23N3O4/c1-17(2,3)24-14(21)9-12(18)6-11-8-13(20-16(19)22)7-10-4-5-23-15(10)11/h4-5,7-8,12H,6,9,18H2,1-3H3,(H3,19,20,22). The molecule has 0 aliphatic carbocycles. The zero-order chi connectivity index (χ0) is 17.9. The fourth-order valence-electron chi connectivity index (χ4n) is 2.47. The average Bonchev–Trinajstić information content (AvgIpc) is 2.83. The summed E-state index contributed by atoms with van der Waals surface area (Å²) in [6, 6.07) is 4.20. The van der Waals surface area contributed by atoms with Crippen molar-refractivity contribution in [3.63, 3.8) is 0 Å². The fourth-order valence-corrected chi connectivity index (χ4v) is 2.47. The predicted molar refractivity (Wildman–Crippen MR) is 91.6 cm³/mol. The van der Waals surface area contributed by atoms with Crippen LogP contribution in [0.3, 0.4) is 0 Å². The lowest BCUT2D eigenvalue weighted by atomic mass is 10.0. The number of urea groups is 1. The number of amides is 2. The molecule has 0 aliphatic heterocycles. The van der Waals surface area contributed by atoms with Crippen LogP contribution in [-0.2, 0) is 16.0 Å². The normalized spacial score (nSPS) is 12.8. The zero-order valence-corrected chi connectivity index (χ0v) is 14.1. The second kappa shape index (κ2) is 6.92. The van der Waals surface area contributed by atoms with Gasteiger partial charge in [-0.2, -0.15) is 0 Å². The maximum Gasteiger partial charge on any atom is 0.316 e. The van der Waals surface area contributed by atoms with Crippen molar-refractivity contribution in [2.45, 2.75) is 45.3 Å². The van der Waals surface area contributed by atoms with Gasteiger partial charge in [0.15, 0.2) is 0 Å². The molecule has 0 saturated carbocycles. The molecule has 0 spiro atoms. The number of esters is 1. The van der Waals surface area contributed by atoms with Gasteiger partial charge in [-0.25, -0.2) is 4.79 Å². The van der Waals surface area contributed by atoms with Gasteiger partial charge in [-0.3, -0.25) is 4.79 Å². The number of carbonyl (C=O) groups excluding carboxylic acids is 2. The van der Waals surface area contributed by atoms with E-state index in [0.29, 0.717) is 17.7 Å². The van der Waals surface area contributed by atoms with Crippen molar-refractivity contribution in [1.82, 2.24) is 0 Å². The molecule has 1 heterocycles. The third-order valence-corrected chi connectivity index (χ3v) is 3.23. The summed E-state index contributed by atoms with van der Waals surface area (Å²) in [5, 5.41) is 3.36. The Morgan fingerprint density at radius 3 is 2.67 bits per heavy atom. The van der Waals surface area contributed by atoms with Gasteiger partial charge in [0.1, 0.15) is 11.2 Å². The Bertz CT molecular complexity index is 746. The molecule has 0 saturated heterocycles. The van der Waals surface area contributed by atoms with Gasteiger partial charge in [0.25, 0.3) is 0 Å². The average molecular weight is 333 g/mol. The molecule has 2 amide bonds. The molecule has 1 aromatic carbocycles. The summed E-state index contributed by atoms with van der Waals surface area (Å²) in [5.41, 5.74) is 12.7. The quantitative estimate of drug-likeness (QED) is 0.726.